The Balaban J connectivity index is 2.14. The maximum absolute atomic E-state index is 13.1. The van der Waals surface area contributed by atoms with Gasteiger partial charge in [-0.2, -0.15) is 5.10 Å². The number of nitrogens with two attached hydrogens (primary N) is 1. The summed E-state index contributed by atoms with van der Waals surface area (Å²) in [6.45, 7) is 0.388. The minimum atomic E-state index is -0.250. The number of benzene rings is 1. The van der Waals surface area contributed by atoms with Crippen LogP contribution in [0.1, 0.15) is 5.01 Å². The van der Waals surface area contributed by atoms with Crippen LogP contribution in [0.3, 0.4) is 0 Å². The van der Waals surface area contributed by atoms with Crippen LogP contribution in [0.15, 0.2) is 36.7 Å². The highest BCUT2D eigenvalue weighted by Gasteiger charge is 2.15. The molecule has 0 fully saturated rings. The van der Waals surface area contributed by atoms with Gasteiger partial charge < -0.3 is 5.73 Å². The van der Waals surface area contributed by atoms with Crippen molar-refractivity contribution < 1.29 is 4.39 Å². The van der Waals surface area contributed by atoms with E-state index in [9.17, 15) is 4.39 Å². The van der Waals surface area contributed by atoms with Crippen molar-refractivity contribution in [1.29, 1.82) is 0 Å². The number of hydrogen-bond donors (Lipinski definition) is 1. The summed E-state index contributed by atoms with van der Waals surface area (Å²) in [6, 6.07) is 6.40. The summed E-state index contributed by atoms with van der Waals surface area (Å²) in [6.07, 6.45) is 3.67. The largest absolute Gasteiger partial charge is 0.325 e. The van der Waals surface area contributed by atoms with E-state index >= 15 is 0 Å². The van der Waals surface area contributed by atoms with E-state index in [1.165, 1.54) is 23.5 Å². The van der Waals surface area contributed by atoms with Gasteiger partial charge in [0, 0.05) is 25.4 Å². The monoisotopic (exact) mass is 288 g/mol. The third kappa shape index (κ3) is 2.35. The van der Waals surface area contributed by atoms with Gasteiger partial charge >= 0.3 is 0 Å². The summed E-state index contributed by atoms with van der Waals surface area (Å²) in [5, 5.41) is 5.02. The van der Waals surface area contributed by atoms with Crippen molar-refractivity contribution in [2.45, 2.75) is 6.54 Å². The first kappa shape index (κ1) is 13.0. The maximum atomic E-state index is 13.1. The predicted molar refractivity (Wildman–Crippen MR) is 77.6 cm³/mol. The lowest BCUT2D eigenvalue weighted by Crippen LogP contribution is -1.94. The summed E-state index contributed by atoms with van der Waals surface area (Å²) in [5.74, 6) is -0.250. The molecule has 6 heteroatoms. The first-order chi connectivity index (χ1) is 9.67. The van der Waals surface area contributed by atoms with Crippen molar-refractivity contribution in [1.82, 2.24) is 14.8 Å². The fraction of sp³-hybridized carbons (Fsp3) is 0.143. The van der Waals surface area contributed by atoms with E-state index in [-0.39, 0.29) is 5.82 Å². The third-order valence-corrected chi connectivity index (χ3v) is 4.06. The normalized spacial score (nSPS) is 10.9. The van der Waals surface area contributed by atoms with E-state index in [0.717, 1.165) is 26.7 Å². The molecule has 20 heavy (non-hydrogen) atoms. The number of halogens is 1. The Bertz CT molecular complexity index is 730. The van der Waals surface area contributed by atoms with Crippen molar-refractivity contribution in [3.63, 3.8) is 0 Å². The molecule has 102 valence electrons. The fourth-order valence-electron chi connectivity index (χ4n) is 1.99. The highest BCUT2D eigenvalue weighted by Crippen LogP contribution is 2.36. The zero-order chi connectivity index (χ0) is 14.1. The summed E-state index contributed by atoms with van der Waals surface area (Å²) < 4.78 is 14.8. The molecule has 2 N–H and O–H groups in total. The quantitative estimate of drug-likeness (QED) is 0.806. The average molecular weight is 288 g/mol. The molecule has 0 bridgehead atoms. The fourth-order valence-corrected chi connectivity index (χ4v) is 2.96. The van der Waals surface area contributed by atoms with Crippen LogP contribution in [0.4, 0.5) is 4.39 Å². The third-order valence-electron chi connectivity index (χ3n) is 2.93. The molecule has 0 aliphatic carbocycles. The SMILES string of the molecule is Cn1cc(-c2nc(CN)sc2-c2ccc(F)cc2)cn1. The van der Waals surface area contributed by atoms with Crippen LogP contribution in [0.2, 0.25) is 0 Å². The molecule has 3 rings (SSSR count). The van der Waals surface area contributed by atoms with Crippen molar-refractivity contribution in [2.24, 2.45) is 12.8 Å². The number of hydrogen-bond acceptors (Lipinski definition) is 4. The summed E-state index contributed by atoms with van der Waals surface area (Å²) in [4.78, 5) is 5.54. The van der Waals surface area contributed by atoms with E-state index in [4.69, 9.17) is 5.73 Å². The van der Waals surface area contributed by atoms with Crippen LogP contribution in [-0.2, 0) is 13.6 Å². The predicted octanol–water partition coefficient (Wildman–Crippen LogP) is 2.81. The Labute approximate surface area is 119 Å². The van der Waals surface area contributed by atoms with Gasteiger partial charge in [-0.15, -0.1) is 11.3 Å². The minimum absolute atomic E-state index is 0.250. The number of nitrogens with zero attached hydrogens (tertiary/aromatic N) is 3. The number of aromatic nitrogens is 3. The molecule has 2 aromatic heterocycles. The highest BCUT2D eigenvalue weighted by atomic mass is 32.1. The Morgan fingerprint density at radius 3 is 2.60 bits per heavy atom. The second-order valence-corrected chi connectivity index (χ2v) is 5.48. The Morgan fingerprint density at radius 1 is 1.25 bits per heavy atom. The molecule has 0 amide bonds. The highest BCUT2D eigenvalue weighted by molar-refractivity contribution is 7.15. The van der Waals surface area contributed by atoms with Crippen LogP contribution in [-0.4, -0.2) is 14.8 Å². The Morgan fingerprint density at radius 2 is 2.00 bits per heavy atom. The van der Waals surface area contributed by atoms with Gasteiger partial charge in [-0.3, -0.25) is 4.68 Å². The zero-order valence-corrected chi connectivity index (χ0v) is 11.7. The summed E-state index contributed by atoms with van der Waals surface area (Å²) in [7, 11) is 1.86. The molecule has 1 aromatic carbocycles. The van der Waals surface area contributed by atoms with E-state index in [1.807, 2.05) is 13.2 Å². The van der Waals surface area contributed by atoms with Gasteiger partial charge in [-0.1, -0.05) is 12.1 Å². The minimum Gasteiger partial charge on any atom is -0.325 e. The molecule has 0 saturated carbocycles. The lowest BCUT2D eigenvalue weighted by molar-refractivity contribution is 0.628. The van der Waals surface area contributed by atoms with Crippen molar-refractivity contribution in [3.8, 4) is 21.7 Å². The molecule has 2 heterocycles. The van der Waals surface area contributed by atoms with Crippen molar-refractivity contribution >= 4 is 11.3 Å². The lowest BCUT2D eigenvalue weighted by Gasteiger charge is -2.00. The molecule has 4 nitrogen and oxygen atoms in total. The Kier molecular flexibility index (Phi) is 3.33. The number of rotatable bonds is 3. The molecule has 0 atom stereocenters. The molecular formula is C14H13FN4S. The van der Waals surface area contributed by atoms with Crippen LogP contribution >= 0.6 is 11.3 Å². The van der Waals surface area contributed by atoms with Gasteiger partial charge in [0.2, 0.25) is 0 Å². The molecule has 0 aliphatic rings. The van der Waals surface area contributed by atoms with Gasteiger partial charge in [0.1, 0.15) is 10.8 Å². The first-order valence-electron chi connectivity index (χ1n) is 6.12. The van der Waals surface area contributed by atoms with Crippen LogP contribution in [0.5, 0.6) is 0 Å². The molecule has 0 saturated heterocycles. The molecule has 3 aromatic rings. The van der Waals surface area contributed by atoms with Gasteiger partial charge in [-0.25, -0.2) is 9.37 Å². The van der Waals surface area contributed by atoms with Crippen molar-refractivity contribution in [3.05, 3.63) is 47.5 Å². The second kappa shape index (κ2) is 5.15. The van der Waals surface area contributed by atoms with Crippen LogP contribution < -0.4 is 5.73 Å². The molecule has 0 unspecified atom stereocenters. The standard InChI is InChI=1S/C14H13FN4S/c1-19-8-10(7-17-19)13-14(20-12(6-16)18-13)9-2-4-11(15)5-3-9/h2-5,7-8H,6,16H2,1H3. The maximum Gasteiger partial charge on any atom is 0.123 e. The molecule has 0 spiro atoms. The molecule has 0 radical (unpaired) electrons. The van der Waals surface area contributed by atoms with E-state index < -0.39 is 0 Å². The van der Waals surface area contributed by atoms with E-state index in [2.05, 4.69) is 10.1 Å². The zero-order valence-electron chi connectivity index (χ0n) is 10.9. The van der Waals surface area contributed by atoms with Gasteiger partial charge in [0.15, 0.2) is 0 Å². The van der Waals surface area contributed by atoms with Gasteiger partial charge in [-0.05, 0) is 17.7 Å². The van der Waals surface area contributed by atoms with E-state index in [0.29, 0.717) is 6.54 Å². The van der Waals surface area contributed by atoms with Gasteiger partial charge in [0.25, 0.3) is 0 Å². The topological polar surface area (TPSA) is 56.7 Å². The van der Waals surface area contributed by atoms with Crippen LogP contribution in [0, 0.1) is 5.82 Å². The summed E-state index contributed by atoms with van der Waals surface area (Å²) in [5.41, 5.74) is 8.39. The molecular weight excluding hydrogens is 275 g/mol. The van der Waals surface area contributed by atoms with Gasteiger partial charge in [0.05, 0.1) is 16.8 Å². The first-order valence-corrected chi connectivity index (χ1v) is 6.94. The van der Waals surface area contributed by atoms with E-state index in [1.54, 1.807) is 23.0 Å². The van der Waals surface area contributed by atoms with Crippen LogP contribution in [0.25, 0.3) is 21.7 Å². The Hall–Kier alpha value is -2.05. The average Bonchev–Trinajstić information content (AvgIpc) is 3.05. The lowest BCUT2D eigenvalue weighted by atomic mass is 10.1. The molecule has 0 aliphatic heterocycles. The second-order valence-electron chi connectivity index (χ2n) is 4.40. The smallest absolute Gasteiger partial charge is 0.123 e. The summed E-state index contributed by atoms with van der Waals surface area (Å²) >= 11 is 1.53. The van der Waals surface area contributed by atoms with Crippen molar-refractivity contribution in [2.75, 3.05) is 0 Å². The number of aryl methyl sites for hydroxylation is 1. The number of thiazole rings is 1.